The van der Waals surface area contributed by atoms with Gasteiger partial charge in [0.1, 0.15) is 5.82 Å². The van der Waals surface area contributed by atoms with Gasteiger partial charge in [-0.2, -0.15) is 5.10 Å². The van der Waals surface area contributed by atoms with Crippen molar-refractivity contribution in [2.24, 2.45) is 0 Å². The summed E-state index contributed by atoms with van der Waals surface area (Å²) >= 11 is 0. The Kier molecular flexibility index (Phi) is 3.41. The molecule has 1 aromatic heterocycles. The predicted molar refractivity (Wildman–Crippen MR) is 95.3 cm³/mol. The minimum Gasteiger partial charge on any atom is -0.369 e. The van der Waals surface area contributed by atoms with Gasteiger partial charge in [-0.1, -0.05) is 43.3 Å². The molecule has 0 fully saturated rings. The van der Waals surface area contributed by atoms with E-state index in [0.29, 0.717) is 0 Å². The SMILES string of the molecule is CCc1ccc(-n2nc(-c3ccccc3C)c3c2NCC3)cc1. The third kappa shape index (κ3) is 2.33. The quantitative estimate of drug-likeness (QED) is 0.778. The Morgan fingerprint density at radius 2 is 1.87 bits per heavy atom. The van der Waals surface area contributed by atoms with E-state index in [1.165, 1.54) is 22.3 Å². The fourth-order valence-electron chi connectivity index (χ4n) is 3.29. The second-order valence-corrected chi connectivity index (χ2v) is 6.10. The molecule has 0 atom stereocenters. The van der Waals surface area contributed by atoms with Crippen LogP contribution in [0.4, 0.5) is 5.82 Å². The summed E-state index contributed by atoms with van der Waals surface area (Å²) < 4.78 is 2.06. The van der Waals surface area contributed by atoms with Crippen LogP contribution in [0.2, 0.25) is 0 Å². The summed E-state index contributed by atoms with van der Waals surface area (Å²) in [6.45, 7) is 5.32. The molecule has 0 aliphatic carbocycles. The van der Waals surface area contributed by atoms with Crippen molar-refractivity contribution in [3.8, 4) is 16.9 Å². The Balaban J connectivity index is 1.86. The Bertz CT molecular complexity index is 844. The number of nitrogens with one attached hydrogen (secondary N) is 1. The van der Waals surface area contributed by atoms with Gasteiger partial charge in [0.05, 0.1) is 11.4 Å². The van der Waals surface area contributed by atoms with E-state index in [4.69, 9.17) is 5.10 Å². The zero-order valence-corrected chi connectivity index (χ0v) is 13.6. The highest BCUT2D eigenvalue weighted by atomic mass is 15.3. The van der Waals surface area contributed by atoms with Crippen molar-refractivity contribution in [2.45, 2.75) is 26.7 Å². The second-order valence-electron chi connectivity index (χ2n) is 6.10. The first-order valence-corrected chi connectivity index (χ1v) is 8.29. The number of anilines is 1. The molecule has 1 N–H and O–H groups in total. The topological polar surface area (TPSA) is 29.9 Å². The lowest BCUT2D eigenvalue weighted by Gasteiger charge is -2.07. The molecule has 1 aliphatic rings. The predicted octanol–water partition coefficient (Wildman–Crippen LogP) is 4.38. The molecule has 0 saturated heterocycles. The van der Waals surface area contributed by atoms with Gasteiger partial charge >= 0.3 is 0 Å². The maximum Gasteiger partial charge on any atom is 0.133 e. The van der Waals surface area contributed by atoms with E-state index >= 15 is 0 Å². The van der Waals surface area contributed by atoms with Crippen LogP contribution in [-0.4, -0.2) is 16.3 Å². The number of hydrogen-bond acceptors (Lipinski definition) is 2. The highest BCUT2D eigenvalue weighted by Crippen LogP contribution is 2.35. The number of aromatic nitrogens is 2. The summed E-state index contributed by atoms with van der Waals surface area (Å²) in [6.07, 6.45) is 2.09. The first kappa shape index (κ1) is 14.1. The number of benzene rings is 2. The molecule has 0 spiro atoms. The average molecular weight is 303 g/mol. The summed E-state index contributed by atoms with van der Waals surface area (Å²) in [6, 6.07) is 17.2. The summed E-state index contributed by atoms with van der Waals surface area (Å²) in [5, 5.41) is 8.45. The van der Waals surface area contributed by atoms with Gasteiger partial charge in [0.2, 0.25) is 0 Å². The highest BCUT2D eigenvalue weighted by Gasteiger charge is 2.24. The van der Waals surface area contributed by atoms with Crippen LogP contribution >= 0.6 is 0 Å². The Morgan fingerprint density at radius 3 is 2.61 bits per heavy atom. The molecular weight excluding hydrogens is 282 g/mol. The Morgan fingerprint density at radius 1 is 1.09 bits per heavy atom. The molecule has 3 heteroatoms. The summed E-state index contributed by atoms with van der Waals surface area (Å²) in [7, 11) is 0. The van der Waals surface area contributed by atoms with Gasteiger partial charge in [-0.05, 0) is 43.0 Å². The van der Waals surface area contributed by atoms with Crippen molar-refractivity contribution in [2.75, 3.05) is 11.9 Å². The number of nitrogens with zero attached hydrogens (tertiary/aromatic N) is 2. The zero-order valence-electron chi connectivity index (χ0n) is 13.6. The van der Waals surface area contributed by atoms with Gasteiger partial charge in [-0.3, -0.25) is 0 Å². The average Bonchev–Trinajstić information content (AvgIpc) is 3.18. The largest absolute Gasteiger partial charge is 0.369 e. The van der Waals surface area contributed by atoms with E-state index in [-0.39, 0.29) is 0 Å². The van der Waals surface area contributed by atoms with Gasteiger partial charge in [0, 0.05) is 17.7 Å². The summed E-state index contributed by atoms with van der Waals surface area (Å²) in [5.74, 6) is 1.15. The smallest absolute Gasteiger partial charge is 0.133 e. The first-order valence-electron chi connectivity index (χ1n) is 8.29. The molecule has 0 bridgehead atoms. The van der Waals surface area contributed by atoms with Gasteiger partial charge in [-0.25, -0.2) is 4.68 Å². The van der Waals surface area contributed by atoms with Crippen LogP contribution in [0.15, 0.2) is 48.5 Å². The van der Waals surface area contributed by atoms with Crippen molar-refractivity contribution in [1.29, 1.82) is 0 Å². The Labute approximate surface area is 137 Å². The van der Waals surface area contributed by atoms with Crippen molar-refractivity contribution >= 4 is 5.82 Å². The van der Waals surface area contributed by atoms with Crippen LogP contribution in [-0.2, 0) is 12.8 Å². The van der Waals surface area contributed by atoms with Gasteiger partial charge in [-0.15, -0.1) is 0 Å². The number of aryl methyl sites for hydroxylation is 2. The molecule has 2 heterocycles. The summed E-state index contributed by atoms with van der Waals surface area (Å²) in [5.41, 5.74) is 7.42. The van der Waals surface area contributed by atoms with Gasteiger partial charge in [0.15, 0.2) is 0 Å². The van der Waals surface area contributed by atoms with Crippen LogP contribution in [0.3, 0.4) is 0 Å². The highest BCUT2D eigenvalue weighted by molar-refractivity contribution is 5.74. The van der Waals surface area contributed by atoms with Crippen LogP contribution in [0, 0.1) is 6.92 Å². The number of rotatable bonds is 3. The second kappa shape index (κ2) is 5.58. The van der Waals surface area contributed by atoms with E-state index in [0.717, 1.165) is 36.6 Å². The molecule has 0 unspecified atom stereocenters. The maximum atomic E-state index is 4.94. The molecule has 3 aromatic rings. The van der Waals surface area contributed by atoms with Crippen molar-refractivity contribution in [1.82, 2.24) is 9.78 Å². The maximum absolute atomic E-state index is 4.94. The molecule has 0 amide bonds. The molecular formula is C20H21N3. The van der Waals surface area contributed by atoms with Crippen LogP contribution in [0.5, 0.6) is 0 Å². The molecule has 23 heavy (non-hydrogen) atoms. The van der Waals surface area contributed by atoms with Crippen molar-refractivity contribution in [3.05, 3.63) is 65.2 Å². The van der Waals surface area contributed by atoms with Crippen LogP contribution < -0.4 is 5.32 Å². The third-order valence-electron chi connectivity index (χ3n) is 4.64. The van der Waals surface area contributed by atoms with Gasteiger partial charge in [0.25, 0.3) is 0 Å². The van der Waals surface area contributed by atoms with Gasteiger partial charge < -0.3 is 5.32 Å². The minimum atomic E-state index is 0.985. The van der Waals surface area contributed by atoms with E-state index in [1.807, 2.05) is 0 Å². The lowest BCUT2D eigenvalue weighted by Crippen LogP contribution is -2.04. The van der Waals surface area contributed by atoms with Crippen molar-refractivity contribution in [3.63, 3.8) is 0 Å². The molecule has 0 radical (unpaired) electrons. The molecule has 1 aliphatic heterocycles. The third-order valence-corrected chi connectivity index (χ3v) is 4.64. The summed E-state index contributed by atoms with van der Waals surface area (Å²) in [4.78, 5) is 0. The molecule has 4 rings (SSSR count). The number of fused-ring (bicyclic) bond motifs is 1. The molecule has 3 nitrogen and oxygen atoms in total. The minimum absolute atomic E-state index is 0.985. The van der Waals surface area contributed by atoms with E-state index in [2.05, 4.69) is 72.4 Å². The molecule has 116 valence electrons. The normalized spacial score (nSPS) is 13.0. The van der Waals surface area contributed by atoms with E-state index in [9.17, 15) is 0 Å². The fourth-order valence-corrected chi connectivity index (χ4v) is 3.29. The standard InChI is InChI=1S/C20H21N3/c1-3-15-8-10-16(11-9-15)23-20-18(12-13-21-20)19(22-23)17-7-5-4-6-14(17)2/h4-11,21H,3,12-13H2,1-2H3. The monoisotopic (exact) mass is 303 g/mol. The fraction of sp³-hybridized carbons (Fsp3) is 0.250. The Hall–Kier alpha value is -2.55. The molecule has 0 saturated carbocycles. The van der Waals surface area contributed by atoms with Crippen molar-refractivity contribution < 1.29 is 0 Å². The lowest BCUT2D eigenvalue weighted by molar-refractivity contribution is 0.880. The first-order chi connectivity index (χ1) is 11.3. The lowest BCUT2D eigenvalue weighted by atomic mass is 10.0. The van der Waals surface area contributed by atoms with E-state index in [1.54, 1.807) is 0 Å². The van der Waals surface area contributed by atoms with E-state index < -0.39 is 0 Å². The zero-order chi connectivity index (χ0) is 15.8. The van der Waals surface area contributed by atoms with Crippen LogP contribution in [0.1, 0.15) is 23.6 Å². The van der Waals surface area contributed by atoms with Crippen LogP contribution in [0.25, 0.3) is 16.9 Å². The molecule has 2 aromatic carbocycles. The number of hydrogen-bond donors (Lipinski definition) is 1.